The van der Waals surface area contributed by atoms with Crippen LogP contribution in [-0.4, -0.2) is 35.5 Å². The summed E-state index contributed by atoms with van der Waals surface area (Å²) < 4.78 is 28.5. The maximum Gasteiger partial charge on any atom is 1.00 e. The van der Waals surface area contributed by atoms with Crippen LogP contribution in [-0.2, 0) is 10.1 Å². The molecule has 1 atom stereocenters. The number of thioether (sulfide) groups is 1. The summed E-state index contributed by atoms with van der Waals surface area (Å²) in [6.45, 7) is 0. The molecule has 0 aliphatic carbocycles. The molecular formula is C4H10NaO4S2+. The smallest absolute Gasteiger partial charge is 0.375 e. The van der Waals surface area contributed by atoms with Crippen molar-refractivity contribution in [1.82, 2.24) is 0 Å². The molecule has 0 rings (SSSR count). The van der Waals surface area contributed by atoms with Gasteiger partial charge in [-0.25, -0.2) is 0 Å². The molecule has 0 aliphatic rings. The number of hydrogen-bond donors (Lipinski definition) is 2. The first-order valence-electron chi connectivity index (χ1n) is 2.61. The van der Waals surface area contributed by atoms with Crippen LogP contribution >= 0.6 is 11.8 Å². The summed E-state index contributed by atoms with van der Waals surface area (Å²) in [5.41, 5.74) is -1.63. The average molecular weight is 209 g/mol. The minimum atomic E-state index is -4.23. The molecule has 0 aromatic rings. The first-order valence-corrected chi connectivity index (χ1v) is 5.51. The van der Waals surface area contributed by atoms with E-state index in [4.69, 9.17) is 9.66 Å². The van der Waals surface area contributed by atoms with Gasteiger partial charge in [-0.3, -0.25) is 4.55 Å². The minimum absolute atomic E-state index is 0. The molecule has 0 radical (unpaired) electrons. The SMILES string of the molecule is CSCCC(O)S(=O)(=O)O.[Na+]. The molecular weight excluding hydrogens is 199 g/mol. The van der Waals surface area contributed by atoms with Gasteiger partial charge in [-0.2, -0.15) is 20.2 Å². The van der Waals surface area contributed by atoms with Crippen LogP contribution in [0.3, 0.4) is 0 Å². The van der Waals surface area contributed by atoms with Gasteiger partial charge >= 0.3 is 29.6 Å². The van der Waals surface area contributed by atoms with Gasteiger partial charge in [-0.15, -0.1) is 0 Å². The molecule has 0 saturated heterocycles. The van der Waals surface area contributed by atoms with Crippen LogP contribution < -0.4 is 29.6 Å². The van der Waals surface area contributed by atoms with Crippen LogP contribution in [0.1, 0.15) is 6.42 Å². The van der Waals surface area contributed by atoms with E-state index in [-0.39, 0.29) is 36.0 Å². The topological polar surface area (TPSA) is 74.6 Å². The van der Waals surface area contributed by atoms with Gasteiger partial charge in [0, 0.05) is 0 Å². The van der Waals surface area contributed by atoms with Crippen molar-refractivity contribution in [3.05, 3.63) is 0 Å². The molecule has 1 unspecified atom stereocenters. The zero-order valence-electron chi connectivity index (χ0n) is 6.52. The second kappa shape index (κ2) is 6.71. The Kier molecular flexibility index (Phi) is 8.98. The van der Waals surface area contributed by atoms with E-state index >= 15 is 0 Å². The second-order valence-corrected chi connectivity index (χ2v) is 4.31. The zero-order valence-corrected chi connectivity index (χ0v) is 10.2. The largest absolute Gasteiger partial charge is 1.00 e. The predicted molar refractivity (Wildman–Crippen MR) is 40.6 cm³/mol. The van der Waals surface area contributed by atoms with Crippen molar-refractivity contribution in [2.45, 2.75) is 11.9 Å². The Morgan fingerprint density at radius 1 is 1.55 bits per heavy atom. The number of rotatable bonds is 4. The fourth-order valence-electron chi connectivity index (χ4n) is 0.368. The van der Waals surface area contributed by atoms with E-state index in [0.29, 0.717) is 5.75 Å². The Hall–Kier alpha value is 1.22. The Balaban J connectivity index is 0. The van der Waals surface area contributed by atoms with Gasteiger partial charge in [0.1, 0.15) is 0 Å². The van der Waals surface area contributed by atoms with Crippen LogP contribution in [0.15, 0.2) is 0 Å². The van der Waals surface area contributed by atoms with E-state index in [1.54, 1.807) is 6.26 Å². The molecule has 0 spiro atoms. The van der Waals surface area contributed by atoms with Gasteiger partial charge in [0.25, 0.3) is 10.1 Å². The Bertz CT molecular complexity index is 179. The molecule has 0 aromatic heterocycles. The van der Waals surface area contributed by atoms with E-state index in [1.807, 2.05) is 0 Å². The summed E-state index contributed by atoms with van der Waals surface area (Å²) in [6, 6.07) is 0. The maximum atomic E-state index is 10.1. The van der Waals surface area contributed by atoms with E-state index in [1.165, 1.54) is 11.8 Å². The average Bonchev–Trinajstić information content (AvgIpc) is 1.80. The Labute approximate surface area is 92.8 Å². The molecule has 0 bridgehead atoms. The van der Waals surface area contributed by atoms with E-state index in [2.05, 4.69) is 0 Å². The molecule has 7 heteroatoms. The Morgan fingerprint density at radius 3 is 2.27 bits per heavy atom. The molecule has 0 saturated carbocycles. The third kappa shape index (κ3) is 7.58. The van der Waals surface area contributed by atoms with Crippen LogP contribution in [0.4, 0.5) is 0 Å². The summed E-state index contributed by atoms with van der Waals surface area (Å²) in [5.74, 6) is 0.515. The van der Waals surface area contributed by atoms with Gasteiger partial charge < -0.3 is 5.11 Å². The van der Waals surface area contributed by atoms with E-state index < -0.39 is 15.6 Å². The van der Waals surface area contributed by atoms with E-state index in [9.17, 15) is 8.42 Å². The summed E-state index contributed by atoms with van der Waals surface area (Å²) in [7, 11) is -4.23. The molecule has 2 N–H and O–H groups in total. The molecule has 0 heterocycles. The minimum Gasteiger partial charge on any atom is -0.375 e. The normalized spacial score (nSPS) is 13.7. The van der Waals surface area contributed by atoms with E-state index in [0.717, 1.165) is 0 Å². The molecule has 62 valence electrons. The van der Waals surface area contributed by atoms with Gasteiger partial charge in [0.15, 0.2) is 5.44 Å². The monoisotopic (exact) mass is 209 g/mol. The van der Waals surface area contributed by atoms with Crippen molar-refractivity contribution in [1.29, 1.82) is 0 Å². The van der Waals surface area contributed by atoms with Crippen molar-refractivity contribution >= 4 is 21.9 Å². The third-order valence-electron chi connectivity index (χ3n) is 0.913. The predicted octanol–water partition coefficient (Wildman–Crippen LogP) is -3.05. The van der Waals surface area contributed by atoms with Gasteiger partial charge in [0.05, 0.1) is 0 Å². The van der Waals surface area contributed by atoms with Crippen molar-refractivity contribution in [2.75, 3.05) is 12.0 Å². The first kappa shape index (κ1) is 14.7. The Morgan fingerprint density at radius 2 is 2.00 bits per heavy atom. The standard InChI is InChI=1S/C4H10O4S2.Na/c1-9-3-2-4(5)10(6,7)8;/h4-5H,2-3H2,1H3,(H,6,7,8);/q;+1. The molecule has 0 amide bonds. The second-order valence-electron chi connectivity index (χ2n) is 1.75. The third-order valence-corrected chi connectivity index (χ3v) is 2.48. The van der Waals surface area contributed by atoms with Gasteiger partial charge in [-0.05, 0) is 18.4 Å². The van der Waals surface area contributed by atoms with Gasteiger partial charge in [-0.1, -0.05) is 0 Å². The van der Waals surface area contributed by atoms with Crippen molar-refractivity contribution < 1.29 is 47.6 Å². The van der Waals surface area contributed by atoms with Crippen LogP contribution in [0.25, 0.3) is 0 Å². The zero-order chi connectivity index (χ0) is 8.20. The molecule has 0 fully saturated rings. The van der Waals surface area contributed by atoms with Crippen molar-refractivity contribution in [2.24, 2.45) is 0 Å². The molecule has 11 heavy (non-hydrogen) atoms. The summed E-state index contributed by atoms with van der Waals surface area (Å²) in [4.78, 5) is 0. The summed E-state index contributed by atoms with van der Waals surface area (Å²) >= 11 is 1.41. The number of aliphatic hydroxyl groups is 1. The van der Waals surface area contributed by atoms with Gasteiger partial charge in [0.2, 0.25) is 0 Å². The quantitative estimate of drug-likeness (QED) is 0.380. The van der Waals surface area contributed by atoms with Crippen LogP contribution in [0.5, 0.6) is 0 Å². The van der Waals surface area contributed by atoms with Crippen molar-refractivity contribution in [3.8, 4) is 0 Å². The maximum absolute atomic E-state index is 10.1. The van der Waals surface area contributed by atoms with Crippen LogP contribution in [0.2, 0.25) is 0 Å². The number of aliphatic hydroxyl groups excluding tert-OH is 1. The molecule has 4 nitrogen and oxygen atoms in total. The summed E-state index contributed by atoms with van der Waals surface area (Å²) in [5, 5.41) is 8.67. The fourth-order valence-corrected chi connectivity index (χ4v) is 1.39. The fraction of sp³-hybridized carbons (Fsp3) is 1.00. The summed E-state index contributed by atoms with van der Waals surface area (Å²) in [6.07, 6.45) is 1.86. The van der Waals surface area contributed by atoms with Crippen LogP contribution in [0, 0.1) is 0 Å². The molecule has 0 aromatic carbocycles. The first-order chi connectivity index (χ1) is 4.48. The molecule has 0 aliphatic heterocycles. The van der Waals surface area contributed by atoms with Crippen molar-refractivity contribution in [3.63, 3.8) is 0 Å². The number of hydrogen-bond acceptors (Lipinski definition) is 4.